The summed E-state index contributed by atoms with van der Waals surface area (Å²) in [4.78, 5) is 22.8. The maximum atomic E-state index is 12.7. The Morgan fingerprint density at radius 3 is 1.55 bits per heavy atom. The molecule has 8 nitrogen and oxygen atoms in total. The van der Waals surface area contributed by atoms with E-state index in [1.54, 1.807) is 0 Å². The van der Waals surface area contributed by atoms with Gasteiger partial charge in [-0.15, -0.1) is 0 Å². The Balaban J connectivity index is 4.33. The number of allylic oxidation sites excluding steroid dienone is 12. The number of phosphoric acid groups is 1. The molecule has 0 aromatic rings. The molecule has 0 aliphatic heterocycles. The van der Waals surface area contributed by atoms with Crippen molar-refractivity contribution in [2.75, 3.05) is 54.1 Å². The minimum absolute atomic E-state index is 0.0779. The zero-order chi connectivity index (χ0) is 39.1. The quantitative estimate of drug-likeness (QED) is 0.0221. The number of quaternary nitrogens is 1. The molecule has 0 bridgehead atoms. The number of phosphoric ester groups is 1. The van der Waals surface area contributed by atoms with Gasteiger partial charge in [0.2, 0.25) is 0 Å². The van der Waals surface area contributed by atoms with E-state index in [1.165, 1.54) is 25.7 Å². The van der Waals surface area contributed by atoms with Crippen LogP contribution in [-0.4, -0.2) is 75.6 Å². The van der Waals surface area contributed by atoms with E-state index >= 15 is 0 Å². The van der Waals surface area contributed by atoms with Crippen molar-refractivity contribution in [2.24, 2.45) is 0 Å². The molecule has 0 aromatic carbocycles. The van der Waals surface area contributed by atoms with Crippen molar-refractivity contribution in [3.05, 3.63) is 72.9 Å². The summed E-state index contributed by atoms with van der Waals surface area (Å²) in [6, 6.07) is 0. The minimum atomic E-state index is -4.28. The smallest absolute Gasteiger partial charge is 0.457 e. The van der Waals surface area contributed by atoms with Crippen molar-refractivity contribution in [1.29, 1.82) is 0 Å². The van der Waals surface area contributed by atoms with Crippen molar-refractivity contribution in [1.82, 2.24) is 0 Å². The van der Waals surface area contributed by atoms with E-state index in [0.717, 1.165) is 96.3 Å². The average Bonchev–Trinajstić information content (AvgIpc) is 3.11. The number of hydrogen-bond acceptors (Lipinski definition) is 6. The maximum absolute atomic E-state index is 12.7. The molecule has 0 heterocycles. The first kappa shape index (κ1) is 50.9. The summed E-state index contributed by atoms with van der Waals surface area (Å²) in [5.41, 5.74) is 0. The Morgan fingerprint density at radius 1 is 0.585 bits per heavy atom. The van der Waals surface area contributed by atoms with E-state index in [9.17, 15) is 14.3 Å². The van der Waals surface area contributed by atoms with E-state index < -0.39 is 13.9 Å². The molecule has 0 saturated carbocycles. The molecule has 2 atom stereocenters. The number of unbranched alkanes of at least 4 members (excludes halogenated alkanes) is 11. The largest absolute Gasteiger partial charge is 0.472 e. The van der Waals surface area contributed by atoms with Gasteiger partial charge < -0.3 is 18.9 Å². The van der Waals surface area contributed by atoms with Gasteiger partial charge in [0.15, 0.2) is 0 Å². The summed E-state index contributed by atoms with van der Waals surface area (Å²) in [6.07, 6.45) is 46.5. The second kappa shape index (κ2) is 36.9. The summed E-state index contributed by atoms with van der Waals surface area (Å²) >= 11 is 0. The van der Waals surface area contributed by atoms with Gasteiger partial charge in [-0.3, -0.25) is 13.8 Å². The van der Waals surface area contributed by atoms with Gasteiger partial charge in [0.05, 0.1) is 34.4 Å². The van der Waals surface area contributed by atoms with Crippen molar-refractivity contribution in [2.45, 2.75) is 148 Å². The molecule has 0 aliphatic rings. The van der Waals surface area contributed by atoms with Crippen LogP contribution in [-0.2, 0) is 27.9 Å². The first-order chi connectivity index (χ1) is 25.6. The molecule has 53 heavy (non-hydrogen) atoms. The molecule has 1 N–H and O–H groups in total. The van der Waals surface area contributed by atoms with E-state index in [2.05, 4.69) is 86.8 Å². The molecule has 0 spiro atoms. The lowest BCUT2D eigenvalue weighted by molar-refractivity contribution is -0.870. The van der Waals surface area contributed by atoms with E-state index in [1.807, 2.05) is 21.1 Å². The molecule has 0 rings (SSSR count). The molecule has 0 saturated heterocycles. The summed E-state index contributed by atoms with van der Waals surface area (Å²) < 4.78 is 34.9. The van der Waals surface area contributed by atoms with Crippen molar-refractivity contribution in [3.8, 4) is 0 Å². The van der Waals surface area contributed by atoms with Gasteiger partial charge in [-0.1, -0.05) is 132 Å². The monoisotopic (exact) mass is 765 g/mol. The lowest BCUT2D eigenvalue weighted by Crippen LogP contribution is -2.37. The molecular formula is C44H79NO7P+. The normalized spacial score (nSPS) is 14.6. The van der Waals surface area contributed by atoms with Crippen LogP contribution < -0.4 is 0 Å². The van der Waals surface area contributed by atoms with Gasteiger partial charge in [-0.05, 0) is 77.0 Å². The third-order valence-corrected chi connectivity index (χ3v) is 9.25. The van der Waals surface area contributed by atoms with Crippen LogP contribution in [0, 0.1) is 0 Å². The number of esters is 1. The van der Waals surface area contributed by atoms with E-state index in [4.69, 9.17) is 18.5 Å². The number of nitrogens with zero attached hydrogens (tertiary/aromatic N) is 1. The van der Waals surface area contributed by atoms with E-state index in [-0.39, 0.29) is 25.8 Å². The Bertz CT molecular complexity index is 1070. The van der Waals surface area contributed by atoms with Crippen LogP contribution in [0.2, 0.25) is 0 Å². The Labute approximate surface area is 325 Å². The predicted molar refractivity (Wildman–Crippen MR) is 224 cm³/mol. The fraction of sp³-hybridized carbons (Fsp3) is 0.705. The molecule has 9 heteroatoms. The fourth-order valence-electron chi connectivity index (χ4n) is 5.11. The van der Waals surface area contributed by atoms with Crippen LogP contribution in [0.3, 0.4) is 0 Å². The zero-order valence-electron chi connectivity index (χ0n) is 34.5. The number of carbonyl (C=O) groups excluding carboxylic acids is 1. The van der Waals surface area contributed by atoms with Crippen LogP contribution in [0.15, 0.2) is 72.9 Å². The van der Waals surface area contributed by atoms with Gasteiger partial charge in [-0.25, -0.2) is 4.57 Å². The van der Waals surface area contributed by atoms with Gasteiger partial charge in [0.25, 0.3) is 0 Å². The highest BCUT2D eigenvalue weighted by atomic mass is 31.2. The van der Waals surface area contributed by atoms with Crippen LogP contribution in [0.4, 0.5) is 0 Å². The Hall–Kier alpha value is -2.06. The predicted octanol–water partition coefficient (Wildman–Crippen LogP) is 11.9. The molecule has 0 radical (unpaired) electrons. The number of likely N-dealkylation sites (N-methyl/N-ethyl adjacent to an activating group) is 1. The average molecular weight is 765 g/mol. The molecule has 2 unspecified atom stereocenters. The van der Waals surface area contributed by atoms with Crippen LogP contribution in [0.5, 0.6) is 0 Å². The maximum Gasteiger partial charge on any atom is 0.472 e. The van der Waals surface area contributed by atoms with Gasteiger partial charge in [0.1, 0.15) is 19.3 Å². The SMILES string of the molecule is CC/C=C\C/C=C\C/C=C\CCCCCCCCCC(=O)OC(COCCCCCC/C=C\C/C=C\C/C=C\CC)COP(=O)(O)OCC[N+](C)(C)C. The second-order valence-corrected chi connectivity index (χ2v) is 16.1. The highest BCUT2D eigenvalue weighted by Crippen LogP contribution is 2.43. The standard InChI is InChI=1S/C44H78NO7P/c1-6-8-10-12-14-16-18-20-22-23-24-25-27-29-31-33-35-37-44(46)52-43(42-51-53(47,48)50-40-38-45(3,4)5)41-49-39-36-34-32-30-28-26-21-19-17-15-13-11-9-7-2/h8-11,14-17,20-22,26,43H,6-7,12-13,18-19,23-25,27-42H2,1-5H3/p+1/b10-8-,11-9-,16-14-,17-15-,22-20-,26-21-. The number of rotatable bonds is 37. The van der Waals surface area contributed by atoms with Crippen LogP contribution in [0.25, 0.3) is 0 Å². The minimum Gasteiger partial charge on any atom is -0.457 e. The summed E-state index contributed by atoms with van der Waals surface area (Å²) in [5, 5.41) is 0. The van der Waals surface area contributed by atoms with Crippen LogP contribution in [0.1, 0.15) is 142 Å². The lowest BCUT2D eigenvalue weighted by atomic mass is 10.1. The van der Waals surface area contributed by atoms with E-state index in [0.29, 0.717) is 24.1 Å². The topological polar surface area (TPSA) is 91.3 Å². The molecule has 0 aromatic heterocycles. The lowest BCUT2D eigenvalue weighted by Gasteiger charge is -2.24. The first-order valence-electron chi connectivity index (χ1n) is 20.7. The first-order valence-corrected chi connectivity index (χ1v) is 22.2. The number of carbonyl (C=O) groups is 1. The highest BCUT2D eigenvalue weighted by molar-refractivity contribution is 7.47. The molecule has 0 aliphatic carbocycles. The highest BCUT2D eigenvalue weighted by Gasteiger charge is 2.26. The second-order valence-electron chi connectivity index (χ2n) is 14.6. The number of hydrogen-bond donors (Lipinski definition) is 1. The molecule has 0 amide bonds. The summed E-state index contributed by atoms with van der Waals surface area (Å²) in [6.45, 7) is 5.30. The van der Waals surface area contributed by atoms with Crippen molar-refractivity contribution < 1.29 is 37.3 Å². The van der Waals surface area contributed by atoms with Gasteiger partial charge in [0, 0.05) is 13.0 Å². The number of ether oxygens (including phenoxy) is 2. The van der Waals surface area contributed by atoms with Gasteiger partial charge >= 0.3 is 13.8 Å². The molecule has 0 fully saturated rings. The van der Waals surface area contributed by atoms with Crippen molar-refractivity contribution >= 4 is 13.8 Å². The third kappa shape index (κ3) is 41.0. The summed E-state index contributed by atoms with van der Waals surface area (Å²) in [7, 11) is 1.63. The fourth-order valence-corrected chi connectivity index (χ4v) is 5.85. The Morgan fingerprint density at radius 2 is 1.04 bits per heavy atom. The van der Waals surface area contributed by atoms with Gasteiger partial charge in [-0.2, -0.15) is 0 Å². The molecular weight excluding hydrogens is 685 g/mol. The van der Waals surface area contributed by atoms with Crippen molar-refractivity contribution in [3.63, 3.8) is 0 Å². The zero-order valence-corrected chi connectivity index (χ0v) is 35.4. The molecule has 306 valence electrons. The van der Waals surface area contributed by atoms with Crippen LogP contribution >= 0.6 is 7.82 Å². The third-order valence-electron chi connectivity index (χ3n) is 8.26. The summed E-state index contributed by atoms with van der Waals surface area (Å²) in [5.74, 6) is -0.336. The Kier molecular flexibility index (Phi) is 35.5.